The second kappa shape index (κ2) is 3.85. The van der Waals surface area contributed by atoms with Crippen LogP contribution in [0.25, 0.3) is 0 Å². The van der Waals surface area contributed by atoms with E-state index in [2.05, 4.69) is 21.2 Å². The molecule has 3 nitrogen and oxygen atoms in total. The fourth-order valence-electron chi connectivity index (χ4n) is 1.62. The van der Waals surface area contributed by atoms with Crippen LogP contribution < -0.4 is 10.1 Å². The van der Waals surface area contributed by atoms with E-state index in [1.165, 1.54) is 0 Å². The van der Waals surface area contributed by atoms with Crippen LogP contribution in [0, 0.1) is 6.92 Å². The molecule has 0 aliphatic carbocycles. The first-order valence-corrected chi connectivity index (χ1v) is 5.68. The van der Waals surface area contributed by atoms with Gasteiger partial charge in [0.05, 0.1) is 10.2 Å². The lowest BCUT2D eigenvalue weighted by atomic mass is 10.1. The van der Waals surface area contributed by atoms with E-state index in [1.54, 1.807) is 0 Å². The number of halogens is 1. The van der Waals surface area contributed by atoms with E-state index in [9.17, 15) is 4.79 Å². The molecule has 1 aromatic carbocycles. The van der Waals surface area contributed by atoms with Gasteiger partial charge in [0.15, 0.2) is 11.9 Å². The van der Waals surface area contributed by atoms with E-state index < -0.39 is 0 Å². The third-order valence-electron chi connectivity index (χ3n) is 2.37. The minimum Gasteiger partial charge on any atom is -0.477 e. The second-order valence-corrected chi connectivity index (χ2v) is 4.48. The summed E-state index contributed by atoms with van der Waals surface area (Å²) >= 11 is 3.43. The lowest BCUT2D eigenvalue weighted by Gasteiger charge is -2.26. The largest absolute Gasteiger partial charge is 0.477 e. The number of carbonyl (C=O) groups excluding carboxylic acids is 1. The van der Waals surface area contributed by atoms with Gasteiger partial charge in [0.1, 0.15) is 0 Å². The van der Waals surface area contributed by atoms with Crippen LogP contribution in [0.15, 0.2) is 16.6 Å². The molecule has 1 heterocycles. The van der Waals surface area contributed by atoms with Crippen LogP contribution in [-0.4, -0.2) is 12.0 Å². The molecule has 1 aliphatic heterocycles. The molecule has 15 heavy (non-hydrogen) atoms. The molecular weight excluding hydrogens is 258 g/mol. The molecule has 0 fully saturated rings. The number of aryl methyl sites for hydroxylation is 1. The first-order valence-electron chi connectivity index (χ1n) is 4.89. The van der Waals surface area contributed by atoms with Crippen molar-refractivity contribution in [3.63, 3.8) is 0 Å². The predicted octanol–water partition coefficient (Wildman–Crippen LogP) is 2.87. The Balaban J connectivity index is 2.45. The van der Waals surface area contributed by atoms with Gasteiger partial charge in [0.2, 0.25) is 0 Å². The van der Waals surface area contributed by atoms with Crippen molar-refractivity contribution >= 4 is 27.5 Å². The number of benzene rings is 1. The summed E-state index contributed by atoms with van der Waals surface area (Å²) in [4.78, 5) is 11.6. The fourth-order valence-corrected chi connectivity index (χ4v) is 2.29. The normalized spacial score (nSPS) is 19.1. The molecule has 0 bridgehead atoms. The highest BCUT2D eigenvalue weighted by molar-refractivity contribution is 9.10. The number of hydrogen-bond acceptors (Lipinski definition) is 2. The van der Waals surface area contributed by atoms with Crippen LogP contribution in [0.4, 0.5) is 5.69 Å². The average Bonchev–Trinajstić information content (AvgIpc) is 2.16. The monoisotopic (exact) mass is 269 g/mol. The SMILES string of the molecule is CCC1Oc2c(Br)cc(C)cc2NC1=O. The summed E-state index contributed by atoms with van der Waals surface area (Å²) in [6, 6.07) is 3.88. The van der Waals surface area contributed by atoms with Crippen molar-refractivity contribution in [3.8, 4) is 5.75 Å². The molecule has 1 amide bonds. The van der Waals surface area contributed by atoms with Crippen molar-refractivity contribution in [1.29, 1.82) is 0 Å². The van der Waals surface area contributed by atoms with Gasteiger partial charge in [-0.15, -0.1) is 0 Å². The summed E-state index contributed by atoms with van der Waals surface area (Å²) in [5, 5.41) is 2.85. The number of hydrogen-bond donors (Lipinski definition) is 1. The van der Waals surface area contributed by atoms with Crippen molar-refractivity contribution < 1.29 is 9.53 Å². The van der Waals surface area contributed by atoms with Crippen LogP contribution in [0.2, 0.25) is 0 Å². The first-order chi connectivity index (χ1) is 7.11. The van der Waals surface area contributed by atoms with Crippen molar-refractivity contribution in [2.45, 2.75) is 26.4 Å². The quantitative estimate of drug-likeness (QED) is 0.852. The maximum Gasteiger partial charge on any atom is 0.265 e. The zero-order chi connectivity index (χ0) is 11.0. The Kier molecular flexibility index (Phi) is 2.69. The number of ether oxygens (including phenoxy) is 1. The number of nitrogens with one attached hydrogen (secondary N) is 1. The Labute approximate surface area is 96.9 Å². The molecule has 1 aliphatic rings. The summed E-state index contributed by atoms with van der Waals surface area (Å²) in [6.45, 7) is 3.90. The van der Waals surface area contributed by atoms with Gasteiger partial charge >= 0.3 is 0 Å². The molecule has 0 spiro atoms. The molecule has 1 N–H and O–H groups in total. The van der Waals surface area contributed by atoms with Gasteiger partial charge in [-0.2, -0.15) is 0 Å². The molecule has 1 aromatic rings. The van der Waals surface area contributed by atoms with Gasteiger partial charge in [0.25, 0.3) is 5.91 Å². The highest BCUT2D eigenvalue weighted by Crippen LogP contribution is 2.38. The highest BCUT2D eigenvalue weighted by atomic mass is 79.9. The third-order valence-corrected chi connectivity index (χ3v) is 2.96. The van der Waals surface area contributed by atoms with Gasteiger partial charge in [-0.05, 0) is 47.0 Å². The van der Waals surface area contributed by atoms with E-state index in [-0.39, 0.29) is 12.0 Å². The topological polar surface area (TPSA) is 38.3 Å². The van der Waals surface area contributed by atoms with Crippen LogP contribution in [0.1, 0.15) is 18.9 Å². The van der Waals surface area contributed by atoms with Crippen LogP contribution >= 0.6 is 15.9 Å². The molecule has 4 heteroatoms. The predicted molar refractivity (Wildman–Crippen MR) is 62.2 cm³/mol. The van der Waals surface area contributed by atoms with Crippen LogP contribution in [-0.2, 0) is 4.79 Å². The van der Waals surface area contributed by atoms with Gasteiger partial charge in [-0.25, -0.2) is 0 Å². The standard InChI is InChI=1S/C11H12BrNO2/c1-3-9-11(14)13-8-5-6(2)4-7(12)10(8)15-9/h4-5,9H,3H2,1-2H3,(H,13,14). The number of amides is 1. The third kappa shape index (κ3) is 1.86. The van der Waals surface area contributed by atoms with E-state index in [1.807, 2.05) is 26.0 Å². The van der Waals surface area contributed by atoms with Gasteiger partial charge in [0, 0.05) is 0 Å². The summed E-state index contributed by atoms with van der Waals surface area (Å²) in [5.41, 5.74) is 1.83. The second-order valence-electron chi connectivity index (χ2n) is 3.63. The molecule has 0 saturated heterocycles. The molecule has 80 valence electrons. The Morgan fingerprint density at radius 3 is 2.93 bits per heavy atom. The summed E-state index contributed by atoms with van der Waals surface area (Å²) in [6.07, 6.45) is 0.294. The smallest absolute Gasteiger partial charge is 0.265 e. The molecule has 0 radical (unpaired) electrons. The summed E-state index contributed by atoms with van der Waals surface area (Å²) in [7, 11) is 0. The van der Waals surface area contributed by atoms with Crippen LogP contribution in [0.5, 0.6) is 5.75 Å². The first kappa shape index (κ1) is 10.5. The Morgan fingerprint density at radius 1 is 1.53 bits per heavy atom. The molecule has 1 unspecified atom stereocenters. The van der Waals surface area contributed by atoms with Crippen molar-refractivity contribution in [1.82, 2.24) is 0 Å². The van der Waals surface area contributed by atoms with E-state index in [0.29, 0.717) is 6.42 Å². The van der Waals surface area contributed by atoms with E-state index in [4.69, 9.17) is 4.74 Å². The molecule has 0 aromatic heterocycles. The number of fused-ring (bicyclic) bond motifs is 1. The van der Waals surface area contributed by atoms with E-state index >= 15 is 0 Å². The average molecular weight is 270 g/mol. The van der Waals surface area contributed by atoms with Gasteiger partial charge < -0.3 is 10.1 Å². The minimum absolute atomic E-state index is 0.0671. The molecular formula is C11H12BrNO2. The van der Waals surface area contributed by atoms with Gasteiger partial charge in [-0.1, -0.05) is 6.92 Å². The maximum absolute atomic E-state index is 11.6. The lowest BCUT2D eigenvalue weighted by Crippen LogP contribution is -2.36. The molecule has 2 rings (SSSR count). The Bertz CT molecular complexity index is 417. The number of rotatable bonds is 1. The zero-order valence-electron chi connectivity index (χ0n) is 8.63. The Morgan fingerprint density at radius 2 is 2.27 bits per heavy atom. The Hall–Kier alpha value is -1.03. The highest BCUT2D eigenvalue weighted by Gasteiger charge is 2.27. The molecule has 1 atom stereocenters. The van der Waals surface area contributed by atoms with Crippen LogP contribution in [0.3, 0.4) is 0 Å². The summed E-state index contributed by atoms with van der Waals surface area (Å²) < 4.78 is 6.51. The van der Waals surface area contributed by atoms with Crippen molar-refractivity contribution in [2.75, 3.05) is 5.32 Å². The lowest BCUT2D eigenvalue weighted by molar-refractivity contribution is -0.123. The van der Waals surface area contributed by atoms with Crippen molar-refractivity contribution in [3.05, 3.63) is 22.2 Å². The minimum atomic E-state index is -0.378. The number of carbonyl (C=O) groups is 1. The fraction of sp³-hybridized carbons (Fsp3) is 0.364. The summed E-state index contributed by atoms with van der Waals surface area (Å²) in [5.74, 6) is 0.662. The maximum atomic E-state index is 11.6. The van der Waals surface area contributed by atoms with Crippen molar-refractivity contribution in [2.24, 2.45) is 0 Å². The molecule has 0 saturated carbocycles. The van der Waals surface area contributed by atoms with Gasteiger partial charge in [-0.3, -0.25) is 4.79 Å². The van der Waals surface area contributed by atoms with E-state index in [0.717, 1.165) is 21.5 Å². The number of anilines is 1. The zero-order valence-corrected chi connectivity index (χ0v) is 10.2.